The van der Waals surface area contributed by atoms with Gasteiger partial charge in [-0.05, 0) is 73.5 Å². The molecule has 2 aromatic heterocycles. The number of nitrogens with zero attached hydrogens (tertiary/aromatic N) is 3. The lowest BCUT2D eigenvalue weighted by Crippen LogP contribution is -2.01. The Bertz CT molecular complexity index is 3320. The van der Waals surface area contributed by atoms with Gasteiger partial charge in [-0.25, -0.2) is 15.0 Å². The van der Waals surface area contributed by atoms with Crippen LogP contribution in [-0.4, -0.2) is 15.0 Å². The van der Waals surface area contributed by atoms with Gasteiger partial charge in [0.1, 0.15) is 0 Å². The van der Waals surface area contributed by atoms with Gasteiger partial charge >= 0.3 is 0 Å². The zero-order valence-electron chi connectivity index (χ0n) is 32.0. The van der Waals surface area contributed by atoms with Gasteiger partial charge in [0, 0.05) is 36.9 Å². The van der Waals surface area contributed by atoms with Crippen LogP contribution >= 0.6 is 11.3 Å². The third-order valence-corrected chi connectivity index (χ3v) is 12.3. The highest BCUT2D eigenvalue weighted by molar-refractivity contribution is 7.25. The number of hydrogen-bond acceptors (Lipinski definition) is 4. The molecule has 11 aromatic rings. The third-order valence-electron chi connectivity index (χ3n) is 11.2. The van der Waals surface area contributed by atoms with Crippen LogP contribution in [0.5, 0.6) is 0 Å². The molecule has 0 saturated carbocycles. The molecule has 3 nitrogen and oxygen atoms in total. The van der Waals surface area contributed by atoms with Gasteiger partial charge in [-0.3, -0.25) is 0 Å². The topological polar surface area (TPSA) is 38.7 Å². The first kappa shape index (κ1) is 34.7. The van der Waals surface area contributed by atoms with Gasteiger partial charge in [0.25, 0.3) is 0 Å². The third kappa shape index (κ3) is 6.37. The molecule has 9 aromatic carbocycles. The molecule has 0 saturated heterocycles. The molecule has 0 N–H and O–H groups in total. The number of fused-ring (bicyclic) bond motifs is 4. The summed E-state index contributed by atoms with van der Waals surface area (Å²) in [6, 6.07) is 75.1. The van der Waals surface area contributed by atoms with Crippen molar-refractivity contribution in [2.45, 2.75) is 0 Å². The molecule has 0 aliphatic heterocycles. The molecule has 0 bridgehead atoms. The molecular weight excluding hydrogens is 735 g/mol. The van der Waals surface area contributed by atoms with Gasteiger partial charge in [0.05, 0.1) is 0 Å². The zero-order chi connectivity index (χ0) is 39.1. The van der Waals surface area contributed by atoms with Crippen molar-refractivity contribution in [2.75, 3.05) is 0 Å². The number of hydrogen-bond donors (Lipinski definition) is 0. The van der Waals surface area contributed by atoms with Gasteiger partial charge in [0.15, 0.2) is 17.5 Å². The van der Waals surface area contributed by atoms with E-state index in [-0.39, 0.29) is 0 Å². The molecule has 0 fully saturated rings. The normalized spacial score (nSPS) is 11.4. The molecule has 0 spiro atoms. The maximum Gasteiger partial charge on any atom is 0.164 e. The van der Waals surface area contributed by atoms with E-state index in [1.807, 2.05) is 29.5 Å². The lowest BCUT2D eigenvalue weighted by atomic mass is 9.90. The van der Waals surface area contributed by atoms with Crippen molar-refractivity contribution in [2.24, 2.45) is 0 Å². The van der Waals surface area contributed by atoms with Crippen molar-refractivity contribution in [1.29, 1.82) is 0 Å². The molecule has 4 heteroatoms. The summed E-state index contributed by atoms with van der Waals surface area (Å²) in [4.78, 5) is 15.5. The van der Waals surface area contributed by atoms with Crippen LogP contribution in [0.25, 0.3) is 110 Å². The van der Waals surface area contributed by atoms with Crippen molar-refractivity contribution in [3.63, 3.8) is 0 Å². The largest absolute Gasteiger partial charge is 0.208 e. The van der Waals surface area contributed by atoms with Gasteiger partial charge in [0.2, 0.25) is 0 Å². The van der Waals surface area contributed by atoms with Crippen molar-refractivity contribution in [3.05, 3.63) is 212 Å². The summed E-state index contributed by atoms with van der Waals surface area (Å²) < 4.78 is 2.62. The lowest BCUT2D eigenvalue weighted by Gasteiger charge is -2.14. The van der Waals surface area contributed by atoms with Crippen molar-refractivity contribution in [3.8, 4) is 78.7 Å². The zero-order valence-corrected chi connectivity index (χ0v) is 32.8. The minimum atomic E-state index is 0.626. The van der Waals surface area contributed by atoms with E-state index in [1.165, 1.54) is 47.6 Å². The van der Waals surface area contributed by atoms with Crippen LogP contribution < -0.4 is 0 Å². The molecular formula is C55H35N3S. The Labute approximate surface area is 346 Å². The molecule has 0 aliphatic carbocycles. The monoisotopic (exact) mass is 769 g/mol. The number of aromatic nitrogens is 3. The molecule has 11 rings (SSSR count). The Kier molecular flexibility index (Phi) is 8.68. The van der Waals surface area contributed by atoms with Crippen LogP contribution in [0.2, 0.25) is 0 Å². The lowest BCUT2D eigenvalue weighted by molar-refractivity contribution is 1.07. The SMILES string of the molecule is c1ccc(-c2cccc(-c3nc(-c4ccc(-c5ccc(-c6cccc7sc8ccccc8c67)c6ccccc56)cc4)nc(-c4ccccc4-c4ccccc4)n3)c2)cc1. The highest BCUT2D eigenvalue weighted by atomic mass is 32.1. The maximum absolute atomic E-state index is 5.18. The van der Waals surface area contributed by atoms with E-state index in [2.05, 4.69) is 194 Å². The predicted octanol–water partition coefficient (Wildman–Crippen LogP) is 15.1. The first-order chi connectivity index (χ1) is 29.2. The Morgan fingerprint density at radius 1 is 0.254 bits per heavy atom. The van der Waals surface area contributed by atoms with Crippen molar-refractivity contribution in [1.82, 2.24) is 15.0 Å². The molecule has 0 unspecified atom stereocenters. The Hall–Kier alpha value is -7.53. The second-order valence-electron chi connectivity index (χ2n) is 14.7. The fourth-order valence-electron chi connectivity index (χ4n) is 8.35. The standard InChI is InChI=1S/C55H35N3S/c1-3-15-36(16-4-1)40-19-13-20-41(35-40)54-56-53(57-55(58-54)48-24-10-7-21-42(48)37-17-5-2-6-18-37)39-31-29-38(30-32-39)43-33-34-46(45-23-9-8-22-44(43)45)47-26-14-28-51-52(47)49-25-11-12-27-50(49)59-51/h1-35H. The molecule has 0 atom stereocenters. The highest BCUT2D eigenvalue weighted by Gasteiger charge is 2.18. The van der Waals surface area contributed by atoms with Gasteiger partial charge in [-0.1, -0.05) is 194 Å². The number of rotatable bonds is 7. The van der Waals surface area contributed by atoms with Crippen molar-refractivity contribution < 1.29 is 0 Å². The summed E-state index contributed by atoms with van der Waals surface area (Å²) >= 11 is 1.86. The summed E-state index contributed by atoms with van der Waals surface area (Å²) in [5.41, 5.74) is 12.1. The van der Waals surface area contributed by atoms with E-state index in [0.29, 0.717) is 17.5 Å². The average Bonchev–Trinajstić information content (AvgIpc) is 3.71. The Balaban J connectivity index is 1.02. The van der Waals surface area contributed by atoms with Crippen LogP contribution in [0.1, 0.15) is 0 Å². The van der Waals surface area contributed by atoms with Crippen LogP contribution in [-0.2, 0) is 0 Å². The van der Waals surface area contributed by atoms with Crippen LogP contribution in [0.3, 0.4) is 0 Å². The van der Waals surface area contributed by atoms with E-state index in [1.54, 1.807) is 0 Å². The first-order valence-electron chi connectivity index (χ1n) is 19.9. The first-order valence-corrected chi connectivity index (χ1v) is 20.7. The van der Waals surface area contributed by atoms with Crippen LogP contribution in [0.15, 0.2) is 212 Å². The molecule has 0 radical (unpaired) electrons. The van der Waals surface area contributed by atoms with Crippen LogP contribution in [0, 0.1) is 0 Å². The van der Waals surface area contributed by atoms with Crippen molar-refractivity contribution >= 4 is 42.3 Å². The smallest absolute Gasteiger partial charge is 0.164 e. The van der Waals surface area contributed by atoms with E-state index < -0.39 is 0 Å². The summed E-state index contributed by atoms with van der Waals surface area (Å²) in [5, 5.41) is 5.09. The molecule has 59 heavy (non-hydrogen) atoms. The Morgan fingerprint density at radius 3 is 1.53 bits per heavy atom. The molecule has 0 aliphatic rings. The second-order valence-corrected chi connectivity index (χ2v) is 15.8. The maximum atomic E-state index is 5.18. The molecule has 0 amide bonds. The summed E-state index contributed by atoms with van der Waals surface area (Å²) in [7, 11) is 0. The molecule has 276 valence electrons. The van der Waals surface area contributed by atoms with E-state index in [0.717, 1.165) is 44.5 Å². The van der Waals surface area contributed by atoms with E-state index in [9.17, 15) is 0 Å². The molecule has 2 heterocycles. The minimum absolute atomic E-state index is 0.626. The van der Waals surface area contributed by atoms with Gasteiger partial charge in [-0.15, -0.1) is 11.3 Å². The predicted molar refractivity (Wildman–Crippen MR) is 248 cm³/mol. The van der Waals surface area contributed by atoms with Gasteiger partial charge < -0.3 is 0 Å². The van der Waals surface area contributed by atoms with Gasteiger partial charge in [-0.2, -0.15) is 0 Å². The highest BCUT2D eigenvalue weighted by Crippen LogP contribution is 2.43. The van der Waals surface area contributed by atoms with E-state index in [4.69, 9.17) is 15.0 Å². The summed E-state index contributed by atoms with van der Waals surface area (Å²) in [5.74, 6) is 1.89. The Morgan fingerprint density at radius 2 is 0.746 bits per heavy atom. The van der Waals surface area contributed by atoms with Crippen LogP contribution in [0.4, 0.5) is 0 Å². The number of benzene rings is 9. The number of thiophene rings is 1. The average molecular weight is 770 g/mol. The van der Waals surface area contributed by atoms with E-state index >= 15 is 0 Å². The minimum Gasteiger partial charge on any atom is -0.208 e. The quantitative estimate of drug-likeness (QED) is 0.162. The fourth-order valence-corrected chi connectivity index (χ4v) is 9.49. The summed E-state index contributed by atoms with van der Waals surface area (Å²) in [6.07, 6.45) is 0. The fraction of sp³-hybridized carbons (Fsp3) is 0. The summed E-state index contributed by atoms with van der Waals surface area (Å²) in [6.45, 7) is 0. The second kappa shape index (κ2) is 14.8.